The minimum absolute atomic E-state index is 0.297. The van der Waals surface area contributed by atoms with Crippen LogP contribution in [0.15, 0.2) is 0 Å². The smallest absolute Gasteiger partial charge is 0.0847 e. The molecule has 17 heavy (non-hydrogen) atoms. The molecule has 0 aliphatic carbocycles. The second-order valence-corrected chi connectivity index (χ2v) is 5.00. The molecule has 0 spiro atoms. The molecule has 0 amide bonds. The van der Waals surface area contributed by atoms with E-state index in [2.05, 4.69) is 10.4 Å². The molecule has 1 saturated heterocycles. The maximum absolute atomic E-state index is 6.27. The van der Waals surface area contributed by atoms with E-state index in [4.69, 9.17) is 16.3 Å². The summed E-state index contributed by atoms with van der Waals surface area (Å²) in [6.45, 7) is 2.81. The third kappa shape index (κ3) is 2.64. The Morgan fingerprint density at radius 1 is 1.65 bits per heavy atom. The lowest BCUT2D eigenvalue weighted by molar-refractivity contribution is 0.0803. The Kier molecular flexibility index (Phi) is 4.07. The van der Waals surface area contributed by atoms with Crippen molar-refractivity contribution in [2.75, 3.05) is 13.7 Å². The number of nitrogens with zero attached hydrogens (tertiary/aromatic N) is 2. The highest BCUT2D eigenvalue weighted by Gasteiger charge is 2.27. The number of aromatic nitrogens is 2. The monoisotopic (exact) mass is 257 g/mol. The van der Waals surface area contributed by atoms with Crippen LogP contribution in [0.5, 0.6) is 0 Å². The highest BCUT2D eigenvalue weighted by atomic mass is 35.5. The molecular weight excluding hydrogens is 238 g/mol. The van der Waals surface area contributed by atoms with Crippen LogP contribution in [0.25, 0.3) is 0 Å². The molecule has 1 aromatic rings. The first kappa shape index (κ1) is 12.9. The molecule has 1 aliphatic heterocycles. The number of likely N-dealkylation sites (N-methyl/N-ethyl adjacent to an activating group) is 1. The highest BCUT2D eigenvalue weighted by molar-refractivity contribution is 6.31. The second kappa shape index (κ2) is 5.38. The zero-order valence-corrected chi connectivity index (χ0v) is 11.4. The number of halogens is 1. The van der Waals surface area contributed by atoms with Gasteiger partial charge in [0.1, 0.15) is 0 Å². The van der Waals surface area contributed by atoms with E-state index in [9.17, 15) is 0 Å². The van der Waals surface area contributed by atoms with E-state index in [0.29, 0.717) is 12.1 Å². The maximum atomic E-state index is 6.27. The molecule has 0 bridgehead atoms. The van der Waals surface area contributed by atoms with Gasteiger partial charge in [0.2, 0.25) is 0 Å². The van der Waals surface area contributed by atoms with Gasteiger partial charge in [0, 0.05) is 26.1 Å². The molecule has 5 heteroatoms. The van der Waals surface area contributed by atoms with E-state index >= 15 is 0 Å². The summed E-state index contributed by atoms with van der Waals surface area (Å²) < 4.78 is 7.60. The Morgan fingerprint density at radius 3 is 2.88 bits per heavy atom. The first-order valence-electron chi connectivity index (χ1n) is 6.10. The SMILES string of the molecule is CNC(Cc1c(Cl)c(C)nn1C)C1CCCO1. The summed E-state index contributed by atoms with van der Waals surface area (Å²) in [4.78, 5) is 0. The van der Waals surface area contributed by atoms with Gasteiger partial charge in [-0.3, -0.25) is 4.68 Å². The number of nitrogens with one attached hydrogen (secondary N) is 1. The molecule has 0 radical (unpaired) electrons. The van der Waals surface area contributed by atoms with Crippen molar-refractivity contribution in [3.63, 3.8) is 0 Å². The first-order valence-corrected chi connectivity index (χ1v) is 6.48. The van der Waals surface area contributed by atoms with Crippen molar-refractivity contribution >= 4 is 11.6 Å². The fraction of sp³-hybridized carbons (Fsp3) is 0.750. The van der Waals surface area contributed by atoms with Gasteiger partial charge < -0.3 is 10.1 Å². The van der Waals surface area contributed by atoms with Gasteiger partial charge in [0.15, 0.2) is 0 Å². The van der Waals surface area contributed by atoms with Gasteiger partial charge in [-0.25, -0.2) is 0 Å². The predicted molar refractivity (Wildman–Crippen MR) is 68.5 cm³/mol. The zero-order valence-electron chi connectivity index (χ0n) is 10.7. The number of rotatable bonds is 4. The molecule has 0 aromatic carbocycles. The molecule has 2 heterocycles. The quantitative estimate of drug-likeness (QED) is 0.892. The molecule has 2 unspecified atom stereocenters. The zero-order chi connectivity index (χ0) is 12.4. The van der Waals surface area contributed by atoms with Gasteiger partial charge in [-0.05, 0) is 26.8 Å². The van der Waals surface area contributed by atoms with Crippen LogP contribution in [0.4, 0.5) is 0 Å². The largest absolute Gasteiger partial charge is 0.377 e. The van der Waals surface area contributed by atoms with Crippen molar-refractivity contribution in [2.45, 2.75) is 38.3 Å². The number of ether oxygens (including phenoxy) is 1. The third-order valence-electron chi connectivity index (χ3n) is 3.46. The van der Waals surface area contributed by atoms with E-state index < -0.39 is 0 Å². The Morgan fingerprint density at radius 2 is 2.41 bits per heavy atom. The van der Waals surface area contributed by atoms with Crippen molar-refractivity contribution in [2.24, 2.45) is 7.05 Å². The minimum Gasteiger partial charge on any atom is -0.377 e. The summed E-state index contributed by atoms with van der Waals surface area (Å²) in [7, 11) is 3.92. The fourth-order valence-corrected chi connectivity index (χ4v) is 2.69. The van der Waals surface area contributed by atoms with E-state index in [1.807, 2.05) is 25.7 Å². The summed E-state index contributed by atoms with van der Waals surface area (Å²) in [5.41, 5.74) is 1.98. The van der Waals surface area contributed by atoms with Gasteiger partial charge in [0.05, 0.1) is 22.5 Å². The molecular formula is C12H20ClN3O. The van der Waals surface area contributed by atoms with Gasteiger partial charge >= 0.3 is 0 Å². The van der Waals surface area contributed by atoms with E-state index in [1.165, 1.54) is 0 Å². The average Bonchev–Trinajstić information content (AvgIpc) is 2.89. The number of hydrogen-bond donors (Lipinski definition) is 1. The third-order valence-corrected chi connectivity index (χ3v) is 3.95. The molecule has 2 rings (SSSR count). The summed E-state index contributed by atoms with van der Waals surface area (Å²) in [5, 5.41) is 8.46. The molecule has 1 fully saturated rings. The van der Waals surface area contributed by atoms with Gasteiger partial charge in [-0.15, -0.1) is 0 Å². The standard InChI is InChI=1S/C12H20ClN3O/c1-8-12(13)10(16(3)15-8)7-9(14-2)11-5-4-6-17-11/h9,11,14H,4-7H2,1-3H3. The first-order chi connectivity index (χ1) is 8.13. The Bertz CT molecular complexity index is 385. The van der Waals surface area contributed by atoms with Gasteiger partial charge in [0.25, 0.3) is 0 Å². The van der Waals surface area contributed by atoms with Crippen LogP contribution in [-0.2, 0) is 18.2 Å². The lowest BCUT2D eigenvalue weighted by Crippen LogP contribution is -2.39. The van der Waals surface area contributed by atoms with Crippen LogP contribution >= 0.6 is 11.6 Å². The topological polar surface area (TPSA) is 39.1 Å². The van der Waals surface area contributed by atoms with Crippen LogP contribution in [-0.4, -0.2) is 35.6 Å². The van der Waals surface area contributed by atoms with Gasteiger partial charge in [-0.1, -0.05) is 11.6 Å². The molecule has 0 saturated carbocycles. The minimum atomic E-state index is 0.297. The highest BCUT2D eigenvalue weighted by Crippen LogP contribution is 2.24. The van der Waals surface area contributed by atoms with Crippen LogP contribution in [0, 0.1) is 6.92 Å². The number of hydrogen-bond acceptors (Lipinski definition) is 3. The summed E-state index contributed by atoms with van der Waals surface area (Å²) in [5.74, 6) is 0. The average molecular weight is 258 g/mol. The van der Waals surface area contributed by atoms with Crippen LogP contribution in [0.2, 0.25) is 5.02 Å². The normalized spacial score (nSPS) is 22.0. The molecule has 4 nitrogen and oxygen atoms in total. The van der Waals surface area contributed by atoms with Crippen molar-refractivity contribution in [1.29, 1.82) is 0 Å². The lowest BCUT2D eigenvalue weighted by Gasteiger charge is -2.22. The Labute approximate surface area is 107 Å². The molecule has 1 N–H and O–H groups in total. The van der Waals surface area contributed by atoms with E-state index in [0.717, 1.165) is 42.3 Å². The Hall–Kier alpha value is -0.580. The summed E-state index contributed by atoms with van der Waals surface area (Å²) >= 11 is 6.27. The molecule has 1 aliphatic rings. The Balaban J connectivity index is 2.12. The lowest BCUT2D eigenvalue weighted by atomic mass is 10.0. The van der Waals surface area contributed by atoms with Crippen LogP contribution in [0.1, 0.15) is 24.2 Å². The predicted octanol–water partition coefficient (Wildman–Crippen LogP) is 1.69. The van der Waals surface area contributed by atoms with Crippen LogP contribution in [0.3, 0.4) is 0 Å². The van der Waals surface area contributed by atoms with E-state index in [-0.39, 0.29) is 0 Å². The fourth-order valence-electron chi connectivity index (χ4n) is 2.45. The second-order valence-electron chi connectivity index (χ2n) is 4.62. The molecule has 1 aromatic heterocycles. The van der Waals surface area contributed by atoms with Crippen molar-refractivity contribution in [3.8, 4) is 0 Å². The molecule has 96 valence electrons. The molecule has 2 atom stereocenters. The maximum Gasteiger partial charge on any atom is 0.0847 e. The summed E-state index contributed by atoms with van der Waals surface area (Å²) in [6.07, 6.45) is 3.43. The van der Waals surface area contributed by atoms with Gasteiger partial charge in [-0.2, -0.15) is 5.10 Å². The van der Waals surface area contributed by atoms with Crippen molar-refractivity contribution in [3.05, 3.63) is 16.4 Å². The van der Waals surface area contributed by atoms with Crippen molar-refractivity contribution < 1.29 is 4.74 Å². The summed E-state index contributed by atoms with van der Waals surface area (Å²) in [6, 6.07) is 0.310. The van der Waals surface area contributed by atoms with E-state index in [1.54, 1.807) is 0 Å². The van der Waals surface area contributed by atoms with Crippen LogP contribution < -0.4 is 5.32 Å². The van der Waals surface area contributed by atoms with Crippen molar-refractivity contribution in [1.82, 2.24) is 15.1 Å². The number of aryl methyl sites for hydroxylation is 2.